The van der Waals surface area contributed by atoms with Crippen LogP contribution >= 0.6 is 0 Å². The van der Waals surface area contributed by atoms with E-state index in [0.29, 0.717) is 11.6 Å². The van der Waals surface area contributed by atoms with Crippen molar-refractivity contribution in [3.05, 3.63) is 11.8 Å². The predicted molar refractivity (Wildman–Crippen MR) is 64.8 cm³/mol. The quantitative estimate of drug-likeness (QED) is 0.603. The van der Waals surface area contributed by atoms with Crippen LogP contribution in [0.3, 0.4) is 0 Å². The Kier molecular flexibility index (Phi) is 2.20. The molecule has 2 heterocycles. The van der Waals surface area contributed by atoms with Crippen molar-refractivity contribution in [1.82, 2.24) is 9.80 Å². The van der Waals surface area contributed by atoms with Gasteiger partial charge in [-0.25, -0.2) is 0 Å². The topological polar surface area (TPSA) is 6.48 Å². The lowest BCUT2D eigenvalue weighted by Crippen LogP contribution is -2.55. The third kappa shape index (κ3) is 1.80. The standard InChI is InChI=1S/C13H24N2/c1-12(2,3)14-8-11-7-10(14)9-15(11)13(4,5)6/h7,10H,8-9H2,1-6H3. The molecule has 0 aromatic carbocycles. The largest absolute Gasteiger partial charge is 0.367 e. The van der Waals surface area contributed by atoms with E-state index in [2.05, 4.69) is 57.4 Å². The van der Waals surface area contributed by atoms with Crippen molar-refractivity contribution in [1.29, 1.82) is 0 Å². The minimum atomic E-state index is 0.282. The molecule has 0 aromatic rings. The second-order valence-electron chi connectivity index (χ2n) is 6.81. The van der Waals surface area contributed by atoms with Gasteiger partial charge in [-0.3, -0.25) is 4.90 Å². The van der Waals surface area contributed by atoms with E-state index in [1.54, 1.807) is 0 Å². The van der Waals surface area contributed by atoms with Crippen LogP contribution in [0.5, 0.6) is 0 Å². The molecule has 2 rings (SSSR count). The summed E-state index contributed by atoms with van der Waals surface area (Å²) in [6, 6.07) is 0.638. The third-order valence-corrected chi connectivity index (χ3v) is 3.51. The molecule has 0 spiro atoms. The van der Waals surface area contributed by atoms with E-state index >= 15 is 0 Å². The van der Waals surface area contributed by atoms with E-state index in [1.165, 1.54) is 12.2 Å². The maximum Gasteiger partial charge on any atom is 0.0483 e. The summed E-state index contributed by atoms with van der Waals surface area (Å²) in [6.07, 6.45) is 2.45. The highest BCUT2D eigenvalue weighted by Crippen LogP contribution is 2.37. The summed E-state index contributed by atoms with van der Waals surface area (Å²) in [5.74, 6) is 0. The Labute approximate surface area is 93.9 Å². The molecule has 0 saturated heterocycles. The van der Waals surface area contributed by atoms with E-state index in [1.807, 2.05) is 0 Å². The lowest BCUT2D eigenvalue weighted by atomic mass is 10.0. The van der Waals surface area contributed by atoms with Gasteiger partial charge in [0, 0.05) is 35.9 Å². The molecule has 15 heavy (non-hydrogen) atoms. The SMILES string of the molecule is CC(C)(C)N1CC2C=C1CN2C(C)(C)C. The molecular weight excluding hydrogens is 184 g/mol. The van der Waals surface area contributed by atoms with Gasteiger partial charge in [0.15, 0.2) is 0 Å². The maximum atomic E-state index is 2.60. The number of hydrogen-bond donors (Lipinski definition) is 0. The van der Waals surface area contributed by atoms with Gasteiger partial charge in [0.05, 0.1) is 0 Å². The fraction of sp³-hybridized carbons (Fsp3) is 0.846. The molecule has 2 aliphatic heterocycles. The highest BCUT2D eigenvalue weighted by molar-refractivity contribution is 5.26. The summed E-state index contributed by atoms with van der Waals surface area (Å²) in [7, 11) is 0. The van der Waals surface area contributed by atoms with Gasteiger partial charge in [0.1, 0.15) is 0 Å². The van der Waals surface area contributed by atoms with Crippen LogP contribution in [0.2, 0.25) is 0 Å². The summed E-state index contributed by atoms with van der Waals surface area (Å²) in [6.45, 7) is 16.1. The van der Waals surface area contributed by atoms with Crippen molar-refractivity contribution in [2.24, 2.45) is 0 Å². The number of hydrogen-bond acceptors (Lipinski definition) is 2. The molecule has 86 valence electrons. The molecule has 2 bridgehead atoms. The molecule has 1 unspecified atom stereocenters. The first kappa shape index (κ1) is 11.0. The smallest absolute Gasteiger partial charge is 0.0483 e. The Morgan fingerprint density at radius 3 is 2.00 bits per heavy atom. The zero-order valence-corrected chi connectivity index (χ0v) is 11.0. The van der Waals surface area contributed by atoms with Crippen LogP contribution in [0.1, 0.15) is 41.5 Å². The molecule has 2 nitrogen and oxygen atoms in total. The summed E-state index contributed by atoms with van der Waals surface area (Å²) >= 11 is 0. The third-order valence-electron chi connectivity index (χ3n) is 3.51. The second kappa shape index (κ2) is 3.00. The van der Waals surface area contributed by atoms with Gasteiger partial charge in [0.25, 0.3) is 0 Å². The number of piperazine rings is 1. The van der Waals surface area contributed by atoms with Crippen molar-refractivity contribution in [2.75, 3.05) is 13.1 Å². The van der Waals surface area contributed by atoms with Gasteiger partial charge in [-0.2, -0.15) is 0 Å². The van der Waals surface area contributed by atoms with E-state index in [9.17, 15) is 0 Å². The van der Waals surface area contributed by atoms with Crippen LogP contribution in [-0.4, -0.2) is 40.0 Å². The maximum absolute atomic E-state index is 2.60. The summed E-state index contributed by atoms with van der Waals surface area (Å²) in [5.41, 5.74) is 2.11. The minimum Gasteiger partial charge on any atom is -0.367 e. The molecule has 1 atom stereocenters. The zero-order chi connectivity index (χ0) is 11.4. The fourth-order valence-corrected chi connectivity index (χ4v) is 2.73. The average Bonchev–Trinajstić information content (AvgIpc) is 2.57. The van der Waals surface area contributed by atoms with E-state index < -0.39 is 0 Å². The first-order valence-corrected chi connectivity index (χ1v) is 5.95. The lowest BCUT2D eigenvalue weighted by molar-refractivity contribution is 0.0521. The van der Waals surface area contributed by atoms with E-state index in [4.69, 9.17) is 0 Å². The van der Waals surface area contributed by atoms with Gasteiger partial charge in [-0.1, -0.05) is 0 Å². The van der Waals surface area contributed by atoms with Crippen molar-refractivity contribution >= 4 is 0 Å². The van der Waals surface area contributed by atoms with Gasteiger partial charge in [-0.05, 0) is 47.6 Å². The Balaban J connectivity index is 2.10. The molecule has 0 fully saturated rings. The molecule has 2 heteroatoms. The predicted octanol–water partition coefficient (Wildman–Crippen LogP) is 2.47. The highest BCUT2D eigenvalue weighted by atomic mass is 15.4. The first-order chi connectivity index (χ1) is 6.69. The summed E-state index contributed by atoms with van der Waals surface area (Å²) in [4.78, 5) is 5.16. The van der Waals surface area contributed by atoms with Gasteiger partial charge in [0.2, 0.25) is 0 Å². The molecule has 0 amide bonds. The summed E-state index contributed by atoms with van der Waals surface area (Å²) in [5, 5.41) is 0. The Morgan fingerprint density at radius 1 is 1.07 bits per heavy atom. The summed E-state index contributed by atoms with van der Waals surface area (Å²) < 4.78 is 0. The fourth-order valence-electron chi connectivity index (χ4n) is 2.73. The molecular formula is C13H24N2. The zero-order valence-electron chi connectivity index (χ0n) is 11.0. The van der Waals surface area contributed by atoms with Crippen LogP contribution in [0.4, 0.5) is 0 Å². The van der Waals surface area contributed by atoms with Crippen molar-refractivity contribution in [3.8, 4) is 0 Å². The molecule has 0 aliphatic carbocycles. The Bertz CT molecular complexity index is 291. The molecule has 0 aromatic heterocycles. The number of fused-ring (bicyclic) bond motifs is 1. The van der Waals surface area contributed by atoms with Gasteiger partial charge in [-0.15, -0.1) is 0 Å². The van der Waals surface area contributed by atoms with E-state index in [0.717, 1.165) is 6.54 Å². The van der Waals surface area contributed by atoms with Crippen LogP contribution in [0.15, 0.2) is 11.8 Å². The molecule has 0 saturated carbocycles. The van der Waals surface area contributed by atoms with Crippen molar-refractivity contribution in [2.45, 2.75) is 58.7 Å². The Hall–Kier alpha value is -0.500. The van der Waals surface area contributed by atoms with Crippen LogP contribution in [0.25, 0.3) is 0 Å². The van der Waals surface area contributed by atoms with Gasteiger partial charge >= 0.3 is 0 Å². The lowest BCUT2D eigenvalue weighted by Gasteiger charge is -2.46. The molecule has 0 radical (unpaired) electrons. The highest BCUT2D eigenvalue weighted by Gasteiger charge is 2.43. The normalized spacial score (nSPS) is 27.5. The van der Waals surface area contributed by atoms with Crippen LogP contribution < -0.4 is 0 Å². The molecule has 0 N–H and O–H groups in total. The minimum absolute atomic E-state index is 0.282. The van der Waals surface area contributed by atoms with Crippen molar-refractivity contribution in [3.63, 3.8) is 0 Å². The van der Waals surface area contributed by atoms with Crippen molar-refractivity contribution < 1.29 is 0 Å². The Morgan fingerprint density at radius 2 is 1.67 bits per heavy atom. The first-order valence-electron chi connectivity index (χ1n) is 5.95. The average molecular weight is 208 g/mol. The number of nitrogens with zero attached hydrogens (tertiary/aromatic N) is 2. The number of rotatable bonds is 0. The van der Waals surface area contributed by atoms with Crippen LogP contribution in [-0.2, 0) is 0 Å². The van der Waals surface area contributed by atoms with E-state index in [-0.39, 0.29) is 5.54 Å². The molecule has 2 aliphatic rings. The van der Waals surface area contributed by atoms with Gasteiger partial charge < -0.3 is 4.90 Å². The van der Waals surface area contributed by atoms with Crippen LogP contribution in [0, 0.1) is 0 Å². The second-order valence-corrected chi connectivity index (χ2v) is 6.81. The monoisotopic (exact) mass is 208 g/mol.